The van der Waals surface area contributed by atoms with Gasteiger partial charge in [-0.25, -0.2) is 4.79 Å². The largest absolute Gasteiger partial charge is 0.379 e. The maximum Gasteiger partial charge on any atom is 0.323 e. The van der Waals surface area contributed by atoms with E-state index in [2.05, 4.69) is 20.9 Å². The van der Waals surface area contributed by atoms with E-state index < -0.39 is 0 Å². The Labute approximate surface area is 187 Å². The molecule has 0 atom stereocenters. The molecular weight excluding hydrogens is 404 g/mol. The van der Waals surface area contributed by atoms with Crippen LogP contribution in [0.1, 0.15) is 15.9 Å². The molecule has 0 aromatic heterocycles. The van der Waals surface area contributed by atoms with E-state index in [4.69, 9.17) is 4.74 Å². The minimum Gasteiger partial charge on any atom is -0.379 e. The number of ether oxygens (including phenoxy) is 1. The first kappa shape index (κ1) is 21.5. The molecule has 1 fully saturated rings. The number of anilines is 3. The number of carbonyl (C=O) groups is 2. The lowest BCUT2D eigenvalue weighted by Gasteiger charge is -2.26. The monoisotopic (exact) mass is 430 g/mol. The lowest BCUT2D eigenvalue weighted by atomic mass is 10.1. The maximum absolute atomic E-state index is 12.6. The minimum absolute atomic E-state index is 0.203. The Morgan fingerprint density at radius 3 is 1.94 bits per heavy atom. The molecule has 0 spiro atoms. The highest BCUT2D eigenvalue weighted by molar-refractivity contribution is 6.05. The summed E-state index contributed by atoms with van der Waals surface area (Å²) >= 11 is 0. The third kappa shape index (κ3) is 6.16. The molecule has 0 saturated carbocycles. The third-order valence-electron chi connectivity index (χ3n) is 5.16. The van der Waals surface area contributed by atoms with Gasteiger partial charge in [0.15, 0.2) is 0 Å². The molecule has 3 aromatic rings. The predicted octanol–water partition coefficient (Wildman–Crippen LogP) is 4.42. The molecule has 3 amide bonds. The number of hydrogen-bond acceptors (Lipinski definition) is 4. The molecule has 3 N–H and O–H groups in total. The fourth-order valence-electron chi connectivity index (χ4n) is 3.43. The van der Waals surface area contributed by atoms with E-state index in [1.165, 1.54) is 5.56 Å². The van der Waals surface area contributed by atoms with Crippen LogP contribution in [0.4, 0.5) is 21.9 Å². The Balaban J connectivity index is 1.28. The normalized spacial score (nSPS) is 13.9. The second-order valence-corrected chi connectivity index (χ2v) is 7.56. The highest BCUT2D eigenvalue weighted by atomic mass is 16.5. The van der Waals surface area contributed by atoms with Crippen molar-refractivity contribution in [2.75, 3.05) is 42.3 Å². The fraction of sp³-hybridized carbons (Fsp3) is 0.200. The summed E-state index contributed by atoms with van der Waals surface area (Å²) in [5.74, 6) is -0.203. The van der Waals surface area contributed by atoms with Crippen LogP contribution in [0.25, 0.3) is 0 Å². The van der Waals surface area contributed by atoms with Crippen molar-refractivity contribution in [3.63, 3.8) is 0 Å². The molecule has 32 heavy (non-hydrogen) atoms. The summed E-state index contributed by atoms with van der Waals surface area (Å²) in [6.45, 7) is 4.32. The summed E-state index contributed by atoms with van der Waals surface area (Å²) in [5, 5.41) is 8.41. The van der Waals surface area contributed by atoms with Crippen LogP contribution in [0.3, 0.4) is 0 Å². The number of hydrogen-bond donors (Lipinski definition) is 3. The van der Waals surface area contributed by atoms with Gasteiger partial charge in [-0.1, -0.05) is 30.3 Å². The van der Waals surface area contributed by atoms with Gasteiger partial charge in [0, 0.05) is 42.3 Å². The Kier molecular flexibility index (Phi) is 7.12. The van der Waals surface area contributed by atoms with Crippen LogP contribution in [0.15, 0.2) is 78.9 Å². The van der Waals surface area contributed by atoms with Crippen LogP contribution in [0, 0.1) is 0 Å². The topological polar surface area (TPSA) is 82.7 Å². The molecule has 1 aliphatic rings. The minimum atomic E-state index is -0.342. The summed E-state index contributed by atoms with van der Waals surface area (Å²) in [6, 6.07) is 23.5. The Hall–Kier alpha value is -3.68. The summed E-state index contributed by atoms with van der Waals surface area (Å²) < 4.78 is 5.38. The average Bonchev–Trinajstić information content (AvgIpc) is 2.82. The lowest BCUT2D eigenvalue weighted by Crippen LogP contribution is -2.35. The molecule has 0 unspecified atom stereocenters. The van der Waals surface area contributed by atoms with E-state index in [9.17, 15) is 9.59 Å². The maximum atomic E-state index is 12.6. The number of morpholine rings is 1. The van der Waals surface area contributed by atoms with Crippen molar-refractivity contribution in [2.24, 2.45) is 0 Å². The summed E-state index contributed by atoms with van der Waals surface area (Å²) in [7, 11) is 0. The van der Waals surface area contributed by atoms with Crippen LogP contribution in [-0.2, 0) is 11.3 Å². The van der Waals surface area contributed by atoms with E-state index in [1.54, 1.807) is 24.3 Å². The zero-order chi connectivity index (χ0) is 22.2. The zero-order valence-electron chi connectivity index (χ0n) is 17.7. The number of urea groups is 1. The number of amides is 3. The molecule has 1 aliphatic heterocycles. The van der Waals surface area contributed by atoms with Crippen molar-refractivity contribution < 1.29 is 14.3 Å². The molecule has 3 aromatic carbocycles. The fourth-order valence-corrected chi connectivity index (χ4v) is 3.43. The van der Waals surface area contributed by atoms with Crippen molar-refractivity contribution in [2.45, 2.75) is 6.54 Å². The summed E-state index contributed by atoms with van der Waals surface area (Å²) in [6.07, 6.45) is 0. The lowest BCUT2D eigenvalue weighted by molar-refractivity contribution is 0.0342. The van der Waals surface area contributed by atoms with E-state index >= 15 is 0 Å². The van der Waals surface area contributed by atoms with Gasteiger partial charge in [0.2, 0.25) is 0 Å². The standard InChI is InChI=1S/C25H26N4O3/c30-24(26-22-10-6-19(7-11-22)18-29-14-16-32-17-15-29)20-8-12-23(13-9-20)28-25(31)27-21-4-2-1-3-5-21/h1-13H,14-18H2,(H,26,30)(H2,27,28,31). The van der Waals surface area contributed by atoms with E-state index in [-0.39, 0.29) is 11.9 Å². The highest BCUT2D eigenvalue weighted by Gasteiger charge is 2.11. The first-order valence-electron chi connectivity index (χ1n) is 10.6. The molecule has 164 valence electrons. The molecule has 7 heteroatoms. The zero-order valence-corrected chi connectivity index (χ0v) is 17.7. The Bertz CT molecular complexity index is 1030. The molecule has 0 bridgehead atoms. The molecule has 0 aliphatic carbocycles. The summed E-state index contributed by atoms with van der Waals surface area (Å²) in [4.78, 5) is 27.0. The van der Waals surface area contributed by atoms with Crippen molar-refractivity contribution in [3.8, 4) is 0 Å². The number of nitrogens with one attached hydrogen (secondary N) is 3. The Morgan fingerprint density at radius 1 is 0.719 bits per heavy atom. The first-order chi connectivity index (χ1) is 15.7. The van der Waals surface area contributed by atoms with E-state index in [0.717, 1.165) is 38.5 Å². The SMILES string of the molecule is O=C(Nc1ccccc1)Nc1ccc(C(=O)Nc2ccc(CN3CCOCC3)cc2)cc1. The predicted molar refractivity (Wildman–Crippen MR) is 126 cm³/mol. The molecule has 7 nitrogen and oxygen atoms in total. The van der Waals surface area contributed by atoms with Crippen molar-refractivity contribution in [1.29, 1.82) is 0 Å². The number of nitrogens with zero attached hydrogens (tertiary/aromatic N) is 1. The number of carbonyl (C=O) groups excluding carboxylic acids is 2. The average molecular weight is 431 g/mol. The van der Waals surface area contributed by atoms with Crippen LogP contribution < -0.4 is 16.0 Å². The number of para-hydroxylation sites is 1. The van der Waals surface area contributed by atoms with Gasteiger partial charge in [-0.3, -0.25) is 9.69 Å². The third-order valence-corrected chi connectivity index (χ3v) is 5.16. The van der Waals surface area contributed by atoms with Gasteiger partial charge in [0.05, 0.1) is 13.2 Å². The number of rotatable bonds is 6. The van der Waals surface area contributed by atoms with Crippen molar-refractivity contribution in [1.82, 2.24) is 4.90 Å². The first-order valence-corrected chi connectivity index (χ1v) is 10.6. The molecule has 0 radical (unpaired) electrons. The highest BCUT2D eigenvalue weighted by Crippen LogP contribution is 2.16. The van der Waals surface area contributed by atoms with Crippen LogP contribution in [0.2, 0.25) is 0 Å². The molecular formula is C25H26N4O3. The second kappa shape index (κ2) is 10.6. The molecule has 4 rings (SSSR count). The van der Waals surface area contributed by atoms with Gasteiger partial charge in [-0.15, -0.1) is 0 Å². The van der Waals surface area contributed by atoms with E-state index in [0.29, 0.717) is 16.9 Å². The van der Waals surface area contributed by atoms with Crippen LogP contribution >= 0.6 is 0 Å². The Morgan fingerprint density at radius 2 is 1.28 bits per heavy atom. The van der Waals surface area contributed by atoms with Gasteiger partial charge in [0.1, 0.15) is 0 Å². The quantitative estimate of drug-likeness (QED) is 0.541. The molecule has 1 heterocycles. The smallest absolute Gasteiger partial charge is 0.323 e. The van der Waals surface area contributed by atoms with Gasteiger partial charge < -0.3 is 20.7 Å². The van der Waals surface area contributed by atoms with Gasteiger partial charge >= 0.3 is 6.03 Å². The van der Waals surface area contributed by atoms with Gasteiger partial charge in [0.25, 0.3) is 5.91 Å². The van der Waals surface area contributed by atoms with Gasteiger partial charge in [-0.2, -0.15) is 0 Å². The summed E-state index contributed by atoms with van der Waals surface area (Å²) in [5.41, 5.74) is 3.76. The van der Waals surface area contributed by atoms with Crippen LogP contribution in [-0.4, -0.2) is 43.1 Å². The van der Waals surface area contributed by atoms with Crippen molar-refractivity contribution >= 4 is 29.0 Å². The number of benzene rings is 3. The van der Waals surface area contributed by atoms with Crippen LogP contribution in [0.5, 0.6) is 0 Å². The van der Waals surface area contributed by atoms with E-state index in [1.807, 2.05) is 54.6 Å². The second-order valence-electron chi connectivity index (χ2n) is 7.56. The molecule has 1 saturated heterocycles. The van der Waals surface area contributed by atoms with Crippen molar-refractivity contribution in [3.05, 3.63) is 90.0 Å². The van der Waals surface area contributed by atoms with Gasteiger partial charge in [-0.05, 0) is 54.1 Å².